The van der Waals surface area contributed by atoms with Gasteiger partial charge in [0.15, 0.2) is 0 Å². The van der Waals surface area contributed by atoms with Crippen molar-refractivity contribution in [2.24, 2.45) is 0 Å². The van der Waals surface area contributed by atoms with Gasteiger partial charge in [0.2, 0.25) is 10.0 Å². The molecule has 0 spiro atoms. The van der Waals surface area contributed by atoms with Gasteiger partial charge in [-0.25, -0.2) is 12.8 Å². The maximum Gasteiger partial charge on any atom is 0.243 e. The first-order chi connectivity index (χ1) is 13.0. The summed E-state index contributed by atoms with van der Waals surface area (Å²) in [6.07, 6.45) is 5.26. The summed E-state index contributed by atoms with van der Waals surface area (Å²) in [6.45, 7) is 2.76. The molecule has 0 radical (unpaired) electrons. The monoisotopic (exact) mass is 384 g/mol. The van der Waals surface area contributed by atoms with Crippen LogP contribution in [0.1, 0.15) is 24.5 Å². The summed E-state index contributed by atoms with van der Waals surface area (Å²) in [4.78, 5) is 3.48. The van der Waals surface area contributed by atoms with Crippen molar-refractivity contribution in [2.45, 2.75) is 24.7 Å². The standard InChI is InChI=1S/C21H21FN2O2S/c1-2-15-3-6-18(7-4-15)27(25,26)24-11-9-16(10-12-24)20-14-23-21-8-5-17(22)13-19(20)21/h3-9,13-14,23H,2,10-12H2,1H3. The highest BCUT2D eigenvalue weighted by Gasteiger charge is 2.26. The average molecular weight is 384 g/mol. The van der Waals surface area contributed by atoms with E-state index in [0.717, 1.165) is 34.0 Å². The van der Waals surface area contributed by atoms with E-state index in [2.05, 4.69) is 4.98 Å². The molecule has 4 nitrogen and oxygen atoms in total. The summed E-state index contributed by atoms with van der Waals surface area (Å²) in [5.74, 6) is -0.278. The minimum Gasteiger partial charge on any atom is -0.361 e. The van der Waals surface area contributed by atoms with Crippen LogP contribution in [0.3, 0.4) is 0 Å². The van der Waals surface area contributed by atoms with Gasteiger partial charge in [0.1, 0.15) is 5.82 Å². The van der Waals surface area contributed by atoms with E-state index in [0.29, 0.717) is 24.4 Å². The van der Waals surface area contributed by atoms with Gasteiger partial charge in [-0.3, -0.25) is 0 Å². The largest absolute Gasteiger partial charge is 0.361 e. The first-order valence-corrected chi connectivity index (χ1v) is 10.5. The second-order valence-electron chi connectivity index (χ2n) is 6.73. The first kappa shape index (κ1) is 17.9. The maximum atomic E-state index is 13.6. The van der Waals surface area contributed by atoms with Gasteiger partial charge in [0.25, 0.3) is 0 Å². The van der Waals surface area contributed by atoms with Crippen molar-refractivity contribution in [3.8, 4) is 0 Å². The predicted molar refractivity (Wildman–Crippen MR) is 105 cm³/mol. The van der Waals surface area contributed by atoms with Gasteiger partial charge in [-0.15, -0.1) is 0 Å². The lowest BCUT2D eigenvalue weighted by Crippen LogP contribution is -2.34. The molecule has 140 valence electrons. The number of rotatable bonds is 4. The molecule has 2 aromatic carbocycles. The molecule has 4 rings (SSSR count). The normalized spacial score (nSPS) is 15.9. The fourth-order valence-corrected chi connectivity index (χ4v) is 4.90. The second-order valence-corrected chi connectivity index (χ2v) is 8.67. The molecule has 3 aromatic rings. The molecule has 0 amide bonds. The van der Waals surface area contributed by atoms with Gasteiger partial charge in [-0.1, -0.05) is 25.1 Å². The quantitative estimate of drug-likeness (QED) is 0.727. The molecule has 1 aromatic heterocycles. The smallest absolute Gasteiger partial charge is 0.243 e. The Balaban J connectivity index is 1.59. The maximum absolute atomic E-state index is 13.6. The zero-order valence-electron chi connectivity index (χ0n) is 15.1. The summed E-state index contributed by atoms with van der Waals surface area (Å²) >= 11 is 0. The summed E-state index contributed by atoms with van der Waals surface area (Å²) in [6, 6.07) is 11.7. The lowest BCUT2D eigenvalue weighted by atomic mass is 10.00. The molecule has 6 heteroatoms. The van der Waals surface area contributed by atoms with Crippen molar-refractivity contribution in [2.75, 3.05) is 13.1 Å². The van der Waals surface area contributed by atoms with Crippen molar-refractivity contribution >= 4 is 26.5 Å². The van der Waals surface area contributed by atoms with Crippen LogP contribution < -0.4 is 0 Å². The summed E-state index contributed by atoms with van der Waals surface area (Å²) in [5.41, 5.74) is 3.97. The van der Waals surface area contributed by atoms with Crippen LogP contribution in [-0.4, -0.2) is 30.8 Å². The number of aryl methyl sites for hydroxylation is 1. The van der Waals surface area contributed by atoms with Crippen LogP contribution in [0.5, 0.6) is 0 Å². The van der Waals surface area contributed by atoms with Crippen molar-refractivity contribution in [3.05, 3.63) is 71.7 Å². The summed E-state index contributed by atoms with van der Waals surface area (Å²) in [5, 5.41) is 0.827. The molecular weight excluding hydrogens is 363 g/mol. The zero-order valence-corrected chi connectivity index (χ0v) is 15.9. The minimum absolute atomic E-state index is 0.278. The second kappa shape index (κ2) is 6.94. The van der Waals surface area contributed by atoms with Crippen LogP contribution in [0.4, 0.5) is 4.39 Å². The van der Waals surface area contributed by atoms with Crippen molar-refractivity contribution in [1.82, 2.24) is 9.29 Å². The van der Waals surface area contributed by atoms with Crippen LogP contribution in [0.2, 0.25) is 0 Å². The lowest BCUT2D eigenvalue weighted by Gasteiger charge is -2.26. The minimum atomic E-state index is -3.51. The van der Waals surface area contributed by atoms with Gasteiger partial charge in [-0.2, -0.15) is 4.31 Å². The molecule has 0 saturated carbocycles. The Morgan fingerprint density at radius 3 is 2.59 bits per heavy atom. The van der Waals surface area contributed by atoms with E-state index in [-0.39, 0.29) is 5.82 Å². The van der Waals surface area contributed by atoms with Gasteiger partial charge < -0.3 is 4.98 Å². The van der Waals surface area contributed by atoms with E-state index in [1.54, 1.807) is 18.2 Å². The van der Waals surface area contributed by atoms with Crippen molar-refractivity contribution in [3.63, 3.8) is 0 Å². The van der Waals surface area contributed by atoms with Crippen LogP contribution in [0.15, 0.2) is 59.6 Å². The van der Waals surface area contributed by atoms with Gasteiger partial charge in [0, 0.05) is 35.8 Å². The molecular formula is C21H21FN2O2S. The number of halogens is 1. The Labute approximate surface area is 158 Å². The fraction of sp³-hybridized carbons (Fsp3) is 0.238. The number of hydrogen-bond acceptors (Lipinski definition) is 2. The molecule has 1 aliphatic heterocycles. The Hall–Kier alpha value is -2.44. The third kappa shape index (κ3) is 3.31. The molecule has 0 saturated heterocycles. The highest BCUT2D eigenvalue weighted by atomic mass is 32.2. The van der Waals surface area contributed by atoms with E-state index in [4.69, 9.17) is 0 Å². The highest BCUT2D eigenvalue weighted by Crippen LogP contribution is 2.31. The predicted octanol–water partition coefficient (Wildman–Crippen LogP) is 4.35. The van der Waals surface area contributed by atoms with Crippen LogP contribution in [0.25, 0.3) is 16.5 Å². The van der Waals surface area contributed by atoms with Gasteiger partial charge in [0.05, 0.1) is 4.90 Å². The number of aromatic nitrogens is 1. The Morgan fingerprint density at radius 2 is 1.93 bits per heavy atom. The van der Waals surface area contributed by atoms with E-state index in [1.165, 1.54) is 16.4 Å². The Bertz CT molecular complexity index is 1110. The first-order valence-electron chi connectivity index (χ1n) is 9.04. The number of nitrogens with one attached hydrogen (secondary N) is 1. The van der Waals surface area contributed by atoms with E-state index >= 15 is 0 Å². The molecule has 0 fully saturated rings. The number of nitrogens with zero attached hydrogens (tertiary/aromatic N) is 1. The average Bonchev–Trinajstić information content (AvgIpc) is 3.11. The van der Waals surface area contributed by atoms with E-state index in [9.17, 15) is 12.8 Å². The molecule has 2 heterocycles. The molecule has 0 aliphatic carbocycles. The summed E-state index contributed by atoms with van der Waals surface area (Å²) < 4.78 is 40.8. The van der Waals surface area contributed by atoms with E-state index < -0.39 is 10.0 Å². The molecule has 0 atom stereocenters. The van der Waals surface area contributed by atoms with Crippen LogP contribution in [-0.2, 0) is 16.4 Å². The molecule has 0 bridgehead atoms. The fourth-order valence-electron chi connectivity index (χ4n) is 3.52. The number of hydrogen-bond donors (Lipinski definition) is 1. The number of sulfonamides is 1. The third-order valence-electron chi connectivity index (χ3n) is 5.13. The molecule has 27 heavy (non-hydrogen) atoms. The number of aromatic amines is 1. The van der Waals surface area contributed by atoms with Gasteiger partial charge in [-0.05, 0) is 54.3 Å². The number of benzene rings is 2. The SMILES string of the molecule is CCc1ccc(S(=O)(=O)N2CC=C(c3c[nH]c4ccc(F)cc34)CC2)cc1. The third-order valence-corrected chi connectivity index (χ3v) is 7.01. The van der Waals surface area contributed by atoms with Crippen LogP contribution >= 0.6 is 0 Å². The highest BCUT2D eigenvalue weighted by molar-refractivity contribution is 7.89. The lowest BCUT2D eigenvalue weighted by molar-refractivity contribution is 0.441. The molecule has 0 unspecified atom stereocenters. The molecule has 1 aliphatic rings. The van der Waals surface area contributed by atoms with E-state index in [1.807, 2.05) is 31.3 Å². The topological polar surface area (TPSA) is 53.2 Å². The number of H-pyrrole nitrogens is 1. The van der Waals surface area contributed by atoms with Gasteiger partial charge >= 0.3 is 0 Å². The Morgan fingerprint density at radius 1 is 1.15 bits per heavy atom. The summed E-state index contributed by atoms with van der Waals surface area (Å²) in [7, 11) is -3.51. The van der Waals surface area contributed by atoms with Crippen molar-refractivity contribution < 1.29 is 12.8 Å². The number of fused-ring (bicyclic) bond motifs is 1. The molecule has 1 N–H and O–H groups in total. The van der Waals surface area contributed by atoms with Crippen molar-refractivity contribution in [1.29, 1.82) is 0 Å². The Kier molecular flexibility index (Phi) is 4.61. The van der Waals surface area contributed by atoms with Crippen LogP contribution in [0, 0.1) is 5.82 Å². The zero-order chi connectivity index (χ0) is 19.0.